The molecule has 2 bridgehead atoms. The van der Waals surface area contributed by atoms with Gasteiger partial charge in [0.25, 0.3) is 0 Å². The zero-order valence-electron chi connectivity index (χ0n) is 14.4. The molecule has 5 nitrogen and oxygen atoms in total. The number of carbonyl (C=O) groups excluding carboxylic acids is 2. The molecule has 0 aliphatic carbocycles. The number of hydrogen-bond acceptors (Lipinski definition) is 3. The molecule has 3 unspecified atom stereocenters. The van der Waals surface area contributed by atoms with Crippen molar-refractivity contribution in [2.75, 3.05) is 4.90 Å². The Bertz CT molecular complexity index is 1050. The molecule has 2 fully saturated rings. The third-order valence-electron chi connectivity index (χ3n) is 5.97. The van der Waals surface area contributed by atoms with Gasteiger partial charge in [-0.25, -0.2) is 9.74 Å². The van der Waals surface area contributed by atoms with Gasteiger partial charge in [0.05, 0.1) is 35.3 Å². The van der Waals surface area contributed by atoms with E-state index in [0.717, 1.165) is 10.8 Å². The molecule has 0 saturated carbocycles. The van der Waals surface area contributed by atoms with E-state index in [0.29, 0.717) is 11.4 Å². The van der Waals surface area contributed by atoms with E-state index in [4.69, 9.17) is 11.3 Å². The van der Waals surface area contributed by atoms with Crippen LogP contribution in [0.1, 0.15) is 13.8 Å². The molecule has 128 valence electrons. The van der Waals surface area contributed by atoms with Gasteiger partial charge in [-0.05, 0) is 30.7 Å². The number of ether oxygens (including phenoxy) is 1. The third kappa shape index (κ3) is 1.63. The van der Waals surface area contributed by atoms with Crippen molar-refractivity contribution < 1.29 is 14.3 Å². The highest BCUT2D eigenvalue weighted by atomic mass is 16.5. The summed E-state index contributed by atoms with van der Waals surface area (Å²) < 4.78 is 6.04. The zero-order chi connectivity index (χ0) is 18.3. The Morgan fingerprint density at radius 3 is 2.12 bits per heavy atom. The third-order valence-corrected chi connectivity index (χ3v) is 5.97. The van der Waals surface area contributed by atoms with E-state index in [1.165, 1.54) is 4.90 Å². The molecule has 4 atom stereocenters. The summed E-state index contributed by atoms with van der Waals surface area (Å²) in [5.41, 5.74) is -0.433. The maximum Gasteiger partial charge on any atom is 0.241 e. The summed E-state index contributed by atoms with van der Waals surface area (Å²) >= 11 is 0. The number of fused-ring (bicyclic) bond motifs is 6. The van der Waals surface area contributed by atoms with Crippen LogP contribution in [0.2, 0.25) is 0 Å². The predicted molar refractivity (Wildman–Crippen MR) is 96.7 cm³/mol. The van der Waals surface area contributed by atoms with Crippen LogP contribution in [0.4, 0.5) is 11.4 Å². The summed E-state index contributed by atoms with van der Waals surface area (Å²) in [6.07, 6.45) is 3.81. The van der Waals surface area contributed by atoms with Crippen molar-refractivity contribution in [1.29, 1.82) is 0 Å². The molecule has 2 amide bonds. The minimum absolute atomic E-state index is 0.226. The Morgan fingerprint density at radius 2 is 1.54 bits per heavy atom. The average molecular weight is 344 g/mol. The smallest absolute Gasteiger partial charge is 0.241 e. The molecule has 2 aromatic rings. The van der Waals surface area contributed by atoms with Crippen molar-refractivity contribution in [2.24, 2.45) is 11.8 Å². The average Bonchev–Trinajstić information content (AvgIpc) is 3.18. The Balaban J connectivity index is 1.70. The Labute approximate surface area is 150 Å². The monoisotopic (exact) mass is 344 g/mol. The number of nitrogens with zero attached hydrogens (tertiary/aromatic N) is 2. The SMILES string of the molecule is [C-]#[N+]c1ccc(N2C(=O)C3[C@H](C2=O)C2(C)C=CC3(C)O2)c2ccccc12. The molecule has 3 heterocycles. The molecular formula is C21H16N2O3. The van der Waals surface area contributed by atoms with Gasteiger partial charge in [-0.1, -0.05) is 42.5 Å². The Hall–Kier alpha value is -2.97. The Morgan fingerprint density at radius 1 is 0.962 bits per heavy atom. The molecular weight excluding hydrogens is 328 g/mol. The minimum atomic E-state index is -0.743. The van der Waals surface area contributed by atoms with Gasteiger partial charge in [-0.3, -0.25) is 9.59 Å². The molecule has 0 N–H and O–H groups in total. The van der Waals surface area contributed by atoms with Crippen LogP contribution in [0, 0.1) is 18.4 Å². The van der Waals surface area contributed by atoms with Crippen molar-refractivity contribution in [3.8, 4) is 0 Å². The lowest BCUT2D eigenvalue weighted by Gasteiger charge is -2.26. The summed E-state index contributed by atoms with van der Waals surface area (Å²) in [5, 5.41) is 1.48. The van der Waals surface area contributed by atoms with E-state index in [9.17, 15) is 9.59 Å². The first kappa shape index (κ1) is 15.3. The fourth-order valence-electron chi connectivity index (χ4n) is 4.83. The Kier molecular flexibility index (Phi) is 2.71. The largest absolute Gasteiger partial charge is 0.359 e. The van der Waals surface area contributed by atoms with Crippen molar-refractivity contribution >= 4 is 34.0 Å². The highest BCUT2D eigenvalue weighted by Gasteiger charge is 2.70. The van der Waals surface area contributed by atoms with Crippen molar-refractivity contribution in [3.63, 3.8) is 0 Å². The molecule has 2 aromatic carbocycles. The summed E-state index contributed by atoms with van der Waals surface area (Å²) in [7, 11) is 0. The molecule has 2 saturated heterocycles. The van der Waals surface area contributed by atoms with Gasteiger partial charge >= 0.3 is 0 Å². The lowest BCUT2D eigenvalue weighted by molar-refractivity contribution is -0.128. The van der Waals surface area contributed by atoms with Crippen LogP contribution >= 0.6 is 0 Å². The number of carbonyl (C=O) groups is 2. The number of rotatable bonds is 1. The van der Waals surface area contributed by atoms with E-state index in [1.807, 2.05) is 50.3 Å². The number of anilines is 1. The lowest BCUT2D eigenvalue weighted by Crippen LogP contribution is -2.39. The van der Waals surface area contributed by atoms with Crippen molar-refractivity contribution in [1.82, 2.24) is 0 Å². The number of imide groups is 1. The van der Waals surface area contributed by atoms with Crippen LogP contribution in [0.5, 0.6) is 0 Å². The van der Waals surface area contributed by atoms with E-state index in [-0.39, 0.29) is 11.8 Å². The van der Waals surface area contributed by atoms with Crippen LogP contribution in [0.25, 0.3) is 15.6 Å². The highest BCUT2D eigenvalue weighted by Crippen LogP contribution is 2.57. The molecule has 0 spiro atoms. The molecule has 5 rings (SSSR count). The van der Waals surface area contributed by atoms with Gasteiger partial charge in [-0.2, -0.15) is 0 Å². The van der Waals surface area contributed by atoms with Gasteiger partial charge < -0.3 is 4.74 Å². The summed E-state index contributed by atoms with van der Waals surface area (Å²) in [5.74, 6) is -1.47. The normalized spacial score (nSPS) is 34.6. The van der Waals surface area contributed by atoms with E-state index < -0.39 is 23.0 Å². The van der Waals surface area contributed by atoms with Crippen LogP contribution in [-0.2, 0) is 14.3 Å². The fraction of sp³-hybridized carbons (Fsp3) is 0.286. The van der Waals surface area contributed by atoms with Crippen LogP contribution in [0.15, 0.2) is 48.6 Å². The van der Waals surface area contributed by atoms with E-state index in [1.54, 1.807) is 12.1 Å². The second-order valence-corrected chi connectivity index (χ2v) is 7.53. The maximum atomic E-state index is 13.3. The molecule has 0 radical (unpaired) electrons. The van der Waals surface area contributed by atoms with Gasteiger partial charge in [0, 0.05) is 0 Å². The summed E-state index contributed by atoms with van der Waals surface area (Å²) in [6.45, 7) is 11.1. The first-order valence-corrected chi connectivity index (χ1v) is 8.57. The van der Waals surface area contributed by atoms with Gasteiger partial charge in [0.1, 0.15) is 0 Å². The second-order valence-electron chi connectivity index (χ2n) is 7.53. The topological polar surface area (TPSA) is 51.0 Å². The first-order valence-electron chi connectivity index (χ1n) is 8.57. The fourth-order valence-corrected chi connectivity index (χ4v) is 4.83. The molecule has 3 aliphatic heterocycles. The van der Waals surface area contributed by atoms with E-state index >= 15 is 0 Å². The standard InChI is InChI=1S/C21H16N2O3/c1-20-10-11-21(2,26-20)17-16(20)18(24)23(19(17)25)15-9-8-14(22-3)12-6-4-5-7-13(12)15/h4-11,16-17H,1-2H3/t16-,17?,20?,21?/m1/s1. The highest BCUT2D eigenvalue weighted by molar-refractivity contribution is 6.26. The number of benzene rings is 2. The van der Waals surface area contributed by atoms with Crippen LogP contribution < -0.4 is 4.90 Å². The van der Waals surface area contributed by atoms with Gasteiger partial charge in [0.15, 0.2) is 5.69 Å². The van der Waals surface area contributed by atoms with E-state index in [2.05, 4.69) is 4.85 Å². The van der Waals surface area contributed by atoms with Crippen molar-refractivity contribution in [2.45, 2.75) is 25.0 Å². The molecule has 5 heteroatoms. The second kappa shape index (κ2) is 4.60. The lowest BCUT2D eigenvalue weighted by atomic mass is 9.73. The summed E-state index contributed by atoms with van der Waals surface area (Å²) in [4.78, 5) is 31.4. The molecule has 26 heavy (non-hydrogen) atoms. The number of hydrogen-bond donors (Lipinski definition) is 0. The molecule has 0 aromatic heterocycles. The van der Waals surface area contributed by atoms with Gasteiger partial charge in [0.2, 0.25) is 11.8 Å². The zero-order valence-corrected chi connectivity index (χ0v) is 14.4. The first-order chi connectivity index (χ1) is 12.4. The predicted octanol–water partition coefficient (Wildman–Crippen LogP) is 3.61. The van der Waals surface area contributed by atoms with Crippen molar-refractivity contribution in [3.05, 3.63) is 60.0 Å². The quantitative estimate of drug-likeness (QED) is 0.451. The molecule has 3 aliphatic rings. The number of amides is 2. The van der Waals surface area contributed by atoms with Crippen LogP contribution in [0.3, 0.4) is 0 Å². The van der Waals surface area contributed by atoms with Crippen LogP contribution in [-0.4, -0.2) is 23.0 Å². The van der Waals surface area contributed by atoms with Gasteiger partial charge in [-0.15, -0.1) is 0 Å². The summed E-state index contributed by atoms with van der Waals surface area (Å²) in [6, 6.07) is 10.8. The minimum Gasteiger partial charge on any atom is -0.359 e. The maximum absolute atomic E-state index is 13.3.